The molecule has 6 nitrogen and oxygen atoms in total. The summed E-state index contributed by atoms with van der Waals surface area (Å²) in [4.78, 5) is 25.2. The van der Waals surface area contributed by atoms with Gasteiger partial charge in [-0.2, -0.15) is 0 Å². The maximum absolute atomic E-state index is 11.8. The topological polar surface area (TPSA) is 73.3 Å². The molecule has 0 radical (unpaired) electrons. The number of aromatic amines is 1. The molecule has 0 aromatic carbocycles. The van der Waals surface area contributed by atoms with Gasteiger partial charge in [-0.05, 0) is 12.0 Å². The van der Waals surface area contributed by atoms with Crippen LogP contribution in [0.5, 0.6) is 0 Å². The second-order valence-corrected chi connectivity index (χ2v) is 4.97. The van der Waals surface area contributed by atoms with Gasteiger partial charge in [0, 0.05) is 18.2 Å². The van der Waals surface area contributed by atoms with Crippen molar-refractivity contribution in [2.75, 3.05) is 13.2 Å². The first-order valence-electron chi connectivity index (χ1n) is 6.56. The molecule has 2 heterocycles. The number of hydrogen-bond acceptors (Lipinski definition) is 4. The number of H-pyrrole nitrogens is 1. The van der Waals surface area contributed by atoms with E-state index in [1.54, 1.807) is 6.08 Å². The molecule has 2 aliphatic rings. The van der Waals surface area contributed by atoms with Gasteiger partial charge in [0.15, 0.2) is 6.29 Å². The number of hydrogen-bond donors (Lipinski definition) is 1. The Morgan fingerprint density at radius 1 is 1.55 bits per heavy atom. The van der Waals surface area contributed by atoms with E-state index in [9.17, 15) is 9.59 Å². The van der Waals surface area contributed by atoms with E-state index in [0.717, 1.165) is 12.0 Å². The van der Waals surface area contributed by atoms with Gasteiger partial charge >= 0.3 is 5.69 Å². The summed E-state index contributed by atoms with van der Waals surface area (Å²) in [6.45, 7) is 4.64. The molecule has 0 bridgehead atoms. The molecule has 3 atom stereocenters. The number of allylic oxidation sites excluding steroid dienone is 1. The van der Waals surface area contributed by atoms with Crippen LogP contribution in [-0.4, -0.2) is 29.1 Å². The average molecular weight is 276 g/mol. The summed E-state index contributed by atoms with van der Waals surface area (Å²) in [6.07, 6.45) is 5.66. The van der Waals surface area contributed by atoms with E-state index in [2.05, 4.69) is 11.6 Å². The number of fused-ring (bicyclic) bond motifs is 1. The SMILES string of the molecule is C=CCOC1OCC2CC(n3ccc(=O)[nH]c3=O)C=C21. The minimum absolute atomic E-state index is 0.0573. The molecule has 1 aliphatic carbocycles. The maximum atomic E-state index is 11.8. The number of rotatable bonds is 4. The molecule has 0 spiro atoms. The molecule has 20 heavy (non-hydrogen) atoms. The van der Waals surface area contributed by atoms with Gasteiger partial charge in [0.2, 0.25) is 0 Å². The summed E-state index contributed by atoms with van der Waals surface area (Å²) in [7, 11) is 0. The number of aromatic nitrogens is 2. The Hall–Kier alpha value is -1.92. The van der Waals surface area contributed by atoms with E-state index < -0.39 is 0 Å². The van der Waals surface area contributed by atoms with Crippen LogP contribution in [0.2, 0.25) is 0 Å². The predicted molar refractivity (Wildman–Crippen MR) is 72.4 cm³/mol. The molecule has 6 heteroatoms. The molecule has 3 unspecified atom stereocenters. The lowest BCUT2D eigenvalue weighted by atomic mass is 10.0. The molecule has 1 aliphatic heterocycles. The molecule has 1 aromatic heterocycles. The monoisotopic (exact) mass is 276 g/mol. The second kappa shape index (κ2) is 5.22. The third-order valence-electron chi connectivity index (χ3n) is 3.68. The summed E-state index contributed by atoms with van der Waals surface area (Å²) in [5.41, 5.74) is 0.311. The van der Waals surface area contributed by atoms with Crippen molar-refractivity contribution in [1.29, 1.82) is 0 Å². The predicted octanol–water partition coefficient (Wildman–Crippen LogP) is 0.583. The van der Waals surface area contributed by atoms with Crippen LogP contribution in [0.4, 0.5) is 0 Å². The minimum Gasteiger partial charge on any atom is -0.348 e. The second-order valence-electron chi connectivity index (χ2n) is 4.97. The van der Waals surface area contributed by atoms with Crippen molar-refractivity contribution in [2.24, 2.45) is 5.92 Å². The van der Waals surface area contributed by atoms with Gasteiger partial charge in [0.1, 0.15) is 0 Å². The average Bonchev–Trinajstić information content (AvgIpc) is 2.97. The quantitative estimate of drug-likeness (QED) is 0.817. The Labute approximate surface area is 115 Å². The van der Waals surface area contributed by atoms with Crippen LogP contribution in [0, 0.1) is 5.92 Å². The highest BCUT2D eigenvalue weighted by Gasteiger charge is 2.38. The molecule has 0 saturated carbocycles. The first-order chi connectivity index (χ1) is 9.69. The summed E-state index contributed by atoms with van der Waals surface area (Å²) in [5.74, 6) is 0.272. The van der Waals surface area contributed by atoms with Crippen molar-refractivity contribution in [2.45, 2.75) is 18.8 Å². The Bertz CT molecular complexity index is 658. The minimum atomic E-state index is -0.385. The fourth-order valence-corrected chi connectivity index (χ4v) is 2.77. The molecule has 106 valence electrons. The number of nitrogens with one attached hydrogen (secondary N) is 1. The van der Waals surface area contributed by atoms with E-state index in [4.69, 9.17) is 9.47 Å². The highest BCUT2D eigenvalue weighted by atomic mass is 16.7. The number of nitrogens with zero attached hydrogens (tertiary/aromatic N) is 1. The van der Waals surface area contributed by atoms with Crippen LogP contribution in [0.1, 0.15) is 12.5 Å². The van der Waals surface area contributed by atoms with Gasteiger partial charge < -0.3 is 9.47 Å². The third-order valence-corrected chi connectivity index (χ3v) is 3.68. The first kappa shape index (κ1) is 13.1. The first-order valence-corrected chi connectivity index (χ1v) is 6.56. The Morgan fingerprint density at radius 3 is 3.15 bits per heavy atom. The van der Waals surface area contributed by atoms with E-state index in [1.165, 1.54) is 16.8 Å². The van der Waals surface area contributed by atoms with Crippen LogP contribution < -0.4 is 11.2 Å². The summed E-state index contributed by atoms with van der Waals surface area (Å²) in [6, 6.07) is 1.30. The summed E-state index contributed by atoms with van der Waals surface area (Å²) in [5, 5.41) is 0. The zero-order valence-electron chi connectivity index (χ0n) is 11.0. The van der Waals surface area contributed by atoms with Gasteiger partial charge in [-0.25, -0.2) is 4.79 Å². The third kappa shape index (κ3) is 2.28. The molecule has 1 aromatic rings. The normalized spacial score (nSPS) is 28.2. The van der Waals surface area contributed by atoms with E-state index >= 15 is 0 Å². The van der Waals surface area contributed by atoms with Gasteiger partial charge in [-0.3, -0.25) is 14.3 Å². The van der Waals surface area contributed by atoms with Crippen molar-refractivity contribution in [3.05, 3.63) is 57.4 Å². The Morgan fingerprint density at radius 2 is 2.40 bits per heavy atom. The van der Waals surface area contributed by atoms with Crippen LogP contribution in [0.3, 0.4) is 0 Å². The maximum Gasteiger partial charge on any atom is 0.328 e. The van der Waals surface area contributed by atoms with Crippen LogP contribution >= 0.6 is 0 Å². The largest absolute Gasteiger partial charge is 0.348 e. The number of ether oxygens (including phenoxy) is 2. The molecular weight excluding hydrogens is 260 g/mol. The van der Waals surface area contributed by atoms with Gasteiger partial charge in [0.25, 0.3) is 5.56 Å². The van der Waals surface area contributed by atoms with Crippen LogP contribution in [0.25, 0.3) is 0 Å². The van der Waals surface area contributed by atoms with Gasteiger partial charge in [-0.15, -0.1) is 6.58 Å². The van der Waals surface area contributed by atoms with E-state index in [1.807, 2.05) is 6.08 Å². The summed E-state index contributed by atoms with van der Waals surface area (Å²) < 4.78 is 12.7. The molecule has 1 fully saturated rings. The fourth-order valence-electron chi connectivity index (χ4n) is 2.77. The standard InChI is InChI=1S/C14H16N2O4/c1-2-5-19-13-11-7-10(6-9(11)8-20-13)16-4-3-12(17)15-14(16)18/h2-4,7,9-10,13H,1,5-6,8H2,(H,15,17,18). The molecule has 0 amide bonds. The zero-order chi connectivity index (χ0) is 14.1. The van der Waals surface area contributed by atoms with E-state index in [0.29, 0.717) is 13.2 Å². The molecule has 3 rings (SSSR count). The highest BCUT2D eigenvalue weighted by molar-refractivity contribution is 5.23. The van der Waals surface area contributed by atoms with Crippen molar-refractivity contribution in [1.82, 2.24) is 9.55 Å². The van der Waals surface area contributed by atoms with Crippen LogP contribution in [0.15, 0.2) is 46.2 Å². The van der Waals surface area contributed by atoms with Crippen molar-refractivity contribution in [3.63, 3.8) is 0 Å². The lowest BCUT2D eigenvalue weighted by Gasteiger charge is -2.13. The summed E-state index contributed by atoms with van der Waals surface area (Å²) >= 11 is 0. The zero-order valence-corrected chi connectivity index (χ0v) is 11.0. The molecular formula is C14H16N2O4. The Kier molecular flexibility index (Phi) is 3.42. The molecule has 1 saturated heterocycles. The lowest BCUT2D eigenvalue weighted by molar-refractivity contribution is -0.0847. The lowest BCUT2D eigenvalue weighted by Crippen LogP contribution is -2.30. The van der Waals surface area contributed by atoms with Gasteiger partial charge in [-0.1, -0.05) is 12.2 Å². The van der Waals surface area contributed by atoms with Crippen molar-refractivity contribution in [3.8, 4) is 0 Å². The van der Waals surface area contributed by atoms with Crippen LogP contribution in [-0.2, 0) is 9.47 Å². The van der Waals surface area contributed by atoms with Gasteiger partial charge in [0.05, 0.1) is 19.3 Å². The molecule has 1 N–H and O–H groups in total. The van der Waals surface area contributed by atoms with Crippen molar-refractivity contribution < 1.29 is 9.47 Å². The van der Waals surface area contributed by atoms with Crippen molar-refractivity contribution >= 4 is 0 Å². The highest BCUT2D eigenvalue weighted by Crippen LogP contribution is 2.40. The smallest absolute Gasteiger partial charge is 0.328 e. The van der Waals surface area contributed by atoms with E-state index in [-0.39, 0.29) is 29.5 Å². The fraction of sp³-hybridized carbons (Fsp3) is 0.429. The Balaban J connectivity index is 1.84.